The molecule has 2 N–H and O–H groups in total. The maximum Gasteiger partial charge on any atom is 0.336 e. The van der Waals surface area contributed by atoms with E-state index in [1.807, 2.05) is 0 Å². The fourth-order valence-corrected chi connectivity index (χ4v) is 0.856. The number of benzene rings is 1. The molecule has 0 heterocycles. The molecule has 0 atom stereocenters. The second-order valence-electron chi connectivity index (χ2n) is 2.16. The van der Waals surface area contributed by atoms with Gasteiger partial charge in [-0.05, 0) is 12.1 Å². The molecule has 0 unspecified atom stereocenters. The predicted molar refractivity (Wildman–Crippen MR) is 40.4 cm³/mol. The molecule has 0 aliphatic rings. The minimum atomic E-state index is -1.23. The van der Waals surface area contributed by atoms with Gasteiger partial charge in [-0.15, -0.1) is 0 Å². The Morgan fingerprint density at radius 2 is 1.23 bits per heavy atom. The first-order valence-corrected chi connectivity index (χ1v) is 3.18. The van der Waals surface area contributed by atoms with Gasteiger partial charge in [0.2, 0.25) is 0 Å². The van der Waals surface area contributed by atoms with Gasteiger partial charge in [0, 0.05) is 46.9 Å². The van der Waals surface area contributed by atoms with Gasteiger partial charge in [-0.25, -0.2) is 9.59 Å². The van der Waals surface area contributed by atoms with Gasteiger partial charge in [0.1, 0.15) is 0 Å². The first-order chi connectivity index (χ1) is 5.63. The van der Waals surface area contributed by atoms with Crippen molar-refractivity contribution in [3.05, 3.63) is 35.4 Å². The van der Waals surface area contributed by atoms with Crippen LogP contribution in [0.4, 0.5) is 0 Å². The summed E-state index contributed by atoms with van der Waals surface area (Å²) in [6.07, 6.45) is 0. The van der Waals surface area contributed by atoms with Gasteiger partial charge in [-0.2, -0.15) is 0 Å². The summed E-state index contributed by atoms with van der Waals surface area (Å²) < 4.78 is 0. The molecule has 0 radical (unpaired) electrons. The molecule has 4 nitrogen and oxygen atoms in total. The van der Waals surface area contributed by atoms with E-state index in [4.69, 9.17) is 10.2 Å². The van der Waals surface area contributed by atoms with Gasteiger partial charge in [0.25, 0.3) is 0 Å². The Kier molecular flexibility index (Phi) is 5.28. The number of carboxylic acids is 2. The summed E-state index contributed by atoms with van der Waals surface area (Å²) >= 11 is 0. The maximum absolute atomic E-state index is 10.5. The van der Waals surface area contributed by atoms with E-state index in [9.17, 15) is 9.59 Å². The number of aromatic carboxylic acids is 2. The molecule has 76 valence electrons. The Morgan fingerprint density at radius 3 is 1.46 bits per heavy atom. The van der Waals surface area contributed by atoms with E-state index >= 15 is 0 Å². The van der Waals surface area contributed by atoms with Crippen LogP contribution in [-0.4, -0.2) is 22.2 Å². The van der Waals surface area contributed by atoms with Gasteiger partial charge in [0.15, 0.2) is 0 Å². The number of carbonyl (C=O) groups is 2. The summed E-state index contributed by atoms with van der Waals surface area (Å²) in [5, 5.41) is 17.1. The third-order valence-electron chi connectivity index (χ3n) is 1.39. The largest absolute Gasteiger partial charge is 0.478 e. The van der Waals surface area contributed by atoms with Crippen molar-refractivity contribution in [2.24, 2.45) is 0 Å². The van der Waals surface area contributed by atoms with Gasteiger partial charge in [-0.3, -0.25) is 0 Å². The molecule has 0 bridgehead atoms. The smallest absolute Gasteiger partial charge is 0.336 e. The van der Waals surface area contributed by atoms with Crippen LogP contribution in [0, 0.1) is 46.9 Å². The van der Waals surface area contributed by atoms with Crippen LogP contribution in [0.5, 0.6) is 0 Å². The molecule has 0 aliphatic heterocycles. The van der Waals surface area contributed by atoms with Crippen LogP contribution in [-0.2, 0) is 0 Å². The van der Waals surface area contributed by atoms with E-state index in [0.29, 0.717) is 0 Å². The van der Waals surface area contributed by atoms with Crippen molar-refractivity contribution in [2.75, 3.05) is 0 Å². The van der Waals surface area contributed by atoms with E-state index in [2.05, 4.69) is 0 Å². The topological polar surface area (TPSA) is 74.6 Å². The first kappa shape index (κ1) is 12.7. The molecule has 0 saturated carbocycles. The molecule has 0 aliphatic carbocycles. The molecule has 0 spiro atoms. The Labute approximate surface area is 113 Å². The summed E-state index contributed by atoms with van der Waals surface area (Å²) in [6.45, 7) is 0. The number of hydrogen-bond acceptors (Lipinski definition) is 2. The van der Waals surface area contributed by atoms with Crippen molar-refractivity contribution >= 4 is 11.9 Å². The Bertz CT molecular complexity index is 302. The molecule has 1 aromatic carbocycles. The normalized spacial score (nSPS) is 8.62. The molecular weight excluding hydrogens is 333 g/mol. The van der Waals surface area contributed by atoms with E-state index in [1.54, 1.807) is 0 Å². The van der Waals surface area contributed by atoms with Crippen LogP contribution < -0.4 is 0 Å². The third kappa shape index (κ3) is 3.14. The molecule has 0 fully saturated rings. The van der Waals surface area contributed by atoms with Crippen LogP contribution in [0.15, 0.2) is 24.3 Å². The number of rotatable bonds is 2. The van der Waals surface area contributed by atoms with E-state index in [-0.39, 0.29) is 58.1 Å². The van der Waals surface area contributed by atoms with Gasteiger partial charge >= 0.3 is 11.9 Å². The van der Waals surface area contributed by atoms with Crippen molar-refractivity contribution in [3.8, 4) is 0 Å². The van der Waals surface area contributed by atoms with Gasteiger partial charge in [0.05, 0.1) is 11.1 Å². The second-order valence-corrected chi connectivity index (χ2v) is 2.16. The van der Waals surface area contributed by atoms with Crippen molar-refractivity contribution in [1.82, 2.24) is 0 Å². The number of carboxylic acid groups (broad SMARTS) is 2. The second kappa shape index (κ2) is 5.42. The van der Waals surface area contributed by atoms with E-state index in [0.717, 1.165) is 0 Å². The fraction of sp³-hybridized carbons (Fsp3) is 0. The zero-order chi connectivity index (χ0) is 9.14. The Hall–Kier alpha value is -0.321. The van der Waals surface area contributed by atoms with E-state index in [1.165, 1.54) is 24.3 Å². The van der Waals surface area contributed by atoms with Gasteiger partial charge < -0.3 is 10.2 Å². The zero-order valence-electron chi connectivity index (χ0n) is 6.29. The van der Waals surface area contributed by atoms with Crippen molar-refractivity contribution in [1.29, 1.82) is 0 Å². The maximum atomic E-state index is 10.5. The van der Waals surface area contributed by atoms with Crippen LogP contribution in [0.3, 0.4) is 0 Å². The average molecular weight is 339 g/mol. The van der Waals surface area contributed by atoms with Gasteiger partial charge in [-0.1, -0.05) is 12.1 Å². The molecule has 13 heavy (non-hydrogen) atoms. The van der Waals surface area contributed by atoms with Crippen molar-refractivity contribution in [3.63, 3.8) is 0 Å². The summed E-state index contributed by atoms with van der Waals surface area (Å²) in [7, 11) is 0. The monoisotopic (exact) mass is 340 g/mol. The third-order valence-corrected chi connectivity index (χ3v) is 1.39. The molecular formula is C8H6O4Yb. The molecule has 1 aromatic rings. The van der Waals surface area contributed by atoms with Crippen LogP contribution in [0.25, 0.3) is 0 Å². The Balaban J connectivity index is 0.00000144. The minimum absolute atomic E-state index is 0. The minimum Gasteiger partial charge on any atom is -0.478 e. The fourth-order valence-electron chi connectivity index (χ4n) is 0.856. The molecule has 0 aromatic heterocycles. The molecule has 0 saturated heterocycles. The summed E-state index contributed by atoms with van der Waals surface area (Å²) in [6, 6.07) is 5.48. The number of hydrogen-bond donors (Lipinski definition) is 2. The SMILES string of the molecule is O=C(O)c1ccccc1C(=O)O.[Yb]. The zero-order valence-corrected chi connectivity index (χ0v) is 8.00. The van der Waals surface area contributed by atoms with Crippen molar-refractivity contribution in [2.45, 2.75) is 0 Å². The predicted octanol–water partition coefficient (Wildman–Crippen LogP) is 1.08. The Morgan fingerprint density at radius 1 is 0.923 bits per heavy atom. The molecule has 1 rings (SSSR count). The molecule has 0 amide bonds. The summed E-state index contributed by atoms with van der Waals surface area (Å²) in [4.78, 5) is 20.9. The first-order valence-electron chi connectivity index (χ1n) is 3.18. The van der Waals surface area contributed by atoms with Crippen LogP contribution in [0.2, 0.25) is 0 Å². The van der Waals surface area contributed by atoms with E-state index < -0.39 is 11.9 Å². The quantitative estimate of drug-likeness (QED) is 0.846. The molecule has 5 heteroatoms. The van der Waals surface area contributed by atoms with Crippen molar-refractivity contribution < 1.29 is 66.7 Å². The summed E-state index contributed by atoms with van der Waals surface area (Å²) in [5.74, 6) is -2.46. The van der Waals surface area contributed by atoms with Crippen LogP contribution in [0.1, 0.15) is 20.7 Å². The van der Waals surface area contributed by atoms with Crippen LogP contribution >= 0.6 is 0 Å². The summed E-state index contributed by atoms with van der Waals surface area (Å²) in [5.41, 5.74) is -0.380. The average Bonchev–Trinajstić information content (AvgIpc) is 2.04. The standard InChI is InChI=1S/C8H6O4.Yb/c9-7(10)5-3-1-2-4-6(5)8(11)12;/h1-4H,(H,9,10)(H,11,12);.